The lowest BCUT2D eigenvalue weighted by molar-refractivity contribution is 0.354. The molecule has 5 nitrogen and oxygen atoms in total. The summed E-state index contributed by atoms with van der Waals surface area (Å²) in [5, 5.41) is 0. The zero-order valence-electron chi connectivity index (χ0n) is 20.5. The maximum Gasteiger partial charge on any atom is 0.159 e. The fourth-order valence-corrected chi connectivity index (χ4v) is 4.93. The zero-order valence-corrected chi connectivity index (χ0v) is 20.5. The second kappa shape index (κ2) is 9.88. The molecule has 2 heterocycles. The summed E-state index contributed by atoms with van der Waals surface area (Å²) in [5.74, 6) is 1.50. The fourth-order valence-electron chi connectivity index (χ4n) is 4.93. The van der Waals surface area contributed by atoms with Crippen molar-refractivity contribution in [3.63, 3.8) is 0 Å². The van der Waals surface area contributed by atoms with Gasteiger partial charge in [0, 0.05) is 13.6 Å². The minimum atomic E-state index is 0.386. The highest BCUT2D eigenvalue weighted by Gasteiger charge is 2.27. The molecule has 31 heavy (non-hydrogen) atoms. The van der Waals surface area contributed by atoms with Gasteiger partial charge in [-0.25, -0.2) is 9.98 Å². The van der Waals surface area contributed by atoms with Crippen molar-refractivity contribution in [1.29, 1.82) is 0 Å². The Hall–Kier alpha value is -2.30. The molecular weight excluding hydrogens is 382 g/mol. The highest BCUT2D eigenvalue weighted by molar-refractivity contribution is 6.01. The van der Waals surface area contributed by atoms with E-state index in [2.05, 4.69) is 61.3 Å². The van der Waals surface area contributed by atoms with E-state index in [0.717, 1.165) is 30.9 Å². The molecule has 0 unspecified atom stereocenters. The number of aliphatic imine (C=N–C) groups is 1. The monoisotopic (exact) mass is 423 g/mol. The number of nitrogens with two attached hydrogens (primary N) is 1. The standard InChI is InChI=1S/C26H41N5/c1-19(12-13-22-21(3)11-8-15-26(22,4)5)9-7-10-20(2)14-16-31-18-29-25-23(31)24(27)28-17-30(25)6/h9,14,18H,7-8,10-13,15-17H2,1-6H3,(H2,27,28)/b19-9+,20-14+. The molecule has 1 aliphatic heterocycles. The first-order valence-electron chi connectivity index (χ1n) is 11.8. The Morgan fingerprint density at radius 1 is 1.19 bits per heavy atom. The molecule has 1 aromatic heterocycles. The summed E-state index contributed by atoms with van der Waals surface area (Å²) in [5.41, 5.74) is 13.7. The minimum Gasteiger partial charge on any atom is -0.382 e. The average molecular weight is 424 g/mol. The van der Waals surface area contributed by atoms with Gasteiger partial charge in [0.2, 0.25) is 0 Å². The van der Waals surface area contributed by atoms with Crippen molar-refractivity contribution in [3.05, 3.63) is 46.5 Å². The van der Waals surface area contributed by atoms with Gasteiger partial charge in [-0.3, -0.25) is 0 Å². The molecule has 3 rings (SSSR count). The Morgan fingerprint density at radius 3 is 2.68 bits per heavy atom. The third-order valence-electron chi connectivity index (χ3n) is 7.00. The van der Waals surface area contributed by atoms with Crippen LogP contribution < -0.4 is 10.6 Å². The molecule has 1 aliphatic carbocycles. The van der Waals surface area contributed by atoms with Crippen molar-refractivity contribution in [2.45, 2.75) is 86.1 Å². The van der Waals surface area contributed by atoms with E-state index < -0.39 is 0 Å². The Kier molecular flexibility index (Phi) is 7.45. The summed E-state index contributed by atoms with van der Waals surface area (Å²) in [6.45, 7) is 13.1. The Bertz CT molecular complexity index is 910. The molecule has 0 amide bonds. The third-order valence-corrected chi connectivity index (χ3v) is 7.00. The maximum atomic E-state index is 6.11. The van der Waals surface area contributed by atoms with Crippen LogP contribution in [0.2, 0.25) is 0 Å². The Labute approximate surface area is 188 Å². The number of aromatic nitrogens is 2. The van der Waals surface area contributed by atoms with Gasteiger partial charge in [-0.15, -0.1) is 0 Å². The summed E-state index contributed by atoms with van der Waals surface area (Å²) in [6, 6.07) is 0. The molecule has 1 aromatic rings. The molecule has 5 heteroatoms. The van der Waals surface area contributed by atoms with Gasteiger partial charge in [0.15, 0.2) is 5.82 Å². The van der Waals surface area contributed by atoms with Gasteiger partial charge in [0.05, 0.1) is 6.33 Å². The number of imidazole rings is 1. The summed E-state index contributed by atoms with van der Waals surface area (Å²) in [7, 11) is 2.00. The van der Waals surface area contributed by atoms with Gasteiger partial charge in [-0.2, -0.15) is 0 Å². The number of amidine groups is 1. The predicted molar refractivity (Wildman–Crippen MR) is 133 cm³/mol. The summed E-state index contributed by atoms with van der Waals surface area (Å²) in [4.78, 5) is 10.9. The molecule has 0 aromatic carbocycles. The molecule has 0 spiro atoms. The molecule has 2 aliphatic rings. The highest BCUT2D eigenvalue weighted by Crippen LogP contribution is 2.42. The molecule has 170 valence electrons. The van der Waals surface area contributed by atoms with E-state index in [9.17, 15) is 0 Å². The van der Waals surface area contributed by atoms with E-state index in [1.807, 2.05) is 18.3 Å². The Balaban J connectivity index is 1.50. The summed E-state index contributed by atoms with van der Waals surface area (Å²) in [6.07, 6.45) is 15.2. The van der Waals surface area contributed by atoms with Gasteiger partial charge in [0.25, 0.3) is 0 Å². The van der Waals surface area contributed by atoms with Crippen molar-refractivity contribution >= 4 is 11.7 Å². The van der Waals surface area contributed by atoms with Crippen LogP contribution in [0.25, 0.3) is 0 Å². The van der Waals surface area contributed by atoms with Crippen molar-refractivity contribution < 1.29 is 0 Å². The maximum absolute atomic E-state index is 6.11. The normalized spacial score (nSPS) is 19.5. The van der Waals surface area contributed by atoms with Crippen molar-refractivity contribution in [2.24, 2.45) is 16.1 Å². The molecule has 0 bridgehead atoms. The third kappa shape index (κ3) is 5.69. The molecule has 2 N–H and O–H groups in total. The smallest absolute Gasteiger partial charge is 0.159 e. The number of rotatable bonds is 8. The topological polar surface area (TPSA) is 59.4 Å². The molecule has 0 saturated carbocycles. The quantitative estimate of drug-likeness (QED) is 0.524. The molecule has 0 atom stereocenters. The van der Waals surface area contributed by atoms with E-state index in [4.69, 9.17) is 5.73 Å². The lowest BCUT2D eigenvalue weighted by atomic mass is 9.71. The van der Waals surface area contributed by atoms with Crippen LogP contribution in [0.15, 0.2) is 45.8 Å². The zero-order chi connectivity index (χ0) is 22.6. The largest absolute Gasteiger partial charge is 0.382 e. The molecular formula is C26H41N5. The van der Waals surface area contributed by atoms with Crippen LogP contribution in [-0.2, 0) is 6.54 Å². The van der Waals surface area contributed by atoms with Gasteiger partial charge < -0.3 is 15.2 Å². The average Bonchev–Trinajstić information content (AvgIpc) is 3.14. The lowest BCUT2D eigenvalue weighted by Crippen LogP contribution is -2.31. The van der Waals surface area contributed by atoms with Gasteiger partial charge >= 0.3 is 0 Å². The van der Waals surface area contributed by atoms with Gasteiger partial charge in [-0.1, -0.05) is 48.3 Å². The highest BCUT2D eigenvalue weighted by atomic mass is 15.3. The van der Waals surface area contributed by atoms with Crippen molar-refractivity contribution in [1.82, 2.24) is 9.55 Å². The summed E-state index contributed by atoms with van der Waals surface area (Å²) < 4.78 is 2.09. The second-order valence-corrected chi connectivity index (χ2v) is 10.1. The Morgan fingerprint density at radius 2 is 1.94 bits per heavy atom. The van der Waals surface area contributed by atoms with Crippen LogP contribution in [0.5, 0.6) is 0 Å². The number of hydrogen-bond acceptors (Lipinski definition) is 4. The number of fused-ring (bicyclic) bond motifs is 1. The van der Waals surface area contributed by atoms with E-state index in [1.54, 1.807) is 11.1 Å². The minimum absolute atomic E-state index is 0.386. The van der Waals surface area contributed by atoms with E-state index >= 15 is 0 Å². The fraction of sp³-hybridized carbons (Fsp3) is 0.615. The summed E-state index contributed by atoms with van der Waals surface area (Å²) >= 11 is 0. The van der Waals surface area contributed by atoms with E-state index in [-0.39, 0.29) is 0 Å². The van der Waals surface area contributed by atoms with Crippen molar-refractivity contribution in [2.75, 3.05) is 18.6 Å². The number of hydrogen-bond donors (Lipinski definition) is 1. The van der Waals surface area contributed by atoms with Crippen LogP contribution >= 0.6 is 0 Å². The number of allylic oxidation sites excluding steroid dienone is 6. The van der Waals surface area contributed by atoms with Gasteiger partial charge in [0.1, 0.15) is 18.2 Å². The second-order valence-electron chi connectivity index (χ2n) is 10.1. The first kappa shape index (κ1) is 23.4. The van der Waals surface area contributed by atoms with Crippen LogP contribution in [0.3, 0.4) is 0 Å². The van der Waals surface area contributed by atoms with Crippen LogP contribution in [0, 0.1) is 5.41 Å². The number of anilines is 1. The number of nitrogens with zero attached hydrogens (tertiary/aromatic N) is 4. The van der Waals surface area contributed by atoms with Crippen LogP contribution in [0.4, 0.5) is 5.82 Å². The van der Waals surface area contributed by atoms with Crippen molar-refractivity contribution in [3.8, 4) is 0 Å². The molecule has 0 fully saturated rings. The van der Waals surface area contributed by atoms with E-state index in [0.29, 0.717) is 17.9 Å². The van der Waals surface area contributed by atoms with Crippen LogP contribution in [-0.4, -0.2) is 29.1 Å². The van der Waals surface area contributed by atoms with Crippen LogP contribution in [0.1, 0.15) is 85.3 Å². The lowest BCUT2D eigenvalue weighted by Gasteiger charge is -2.35. The van der Waals surface area contributed by atoms with Gasteiger partial charge in [-0.05, 0) is 71.1 Å². The molecule has 0 saturated heterocycles. The SMILES string of the molecule is CC1=C(CC/C(C)=C/CC/C(C)=C/Cn2cnc3c2C(N)=NCN3C)C(C)(C)CCC1. The first-order chi connectivity index (χ1) is 14.7. The van der Waals surface area contributed by atoms with E-state index in [1.165, 1.54) is 43.3 Å². The molecule has 0 radical (unpaired) electrons. The first-order valence-corrected chi connectivity index (χ1v) is 11.8. The predicted octanol–water partition coefficient (Wildman–Crippen LogP) is 5.98.